The first-order valence-electron chi connectivity index (χ1n) is 6.20. The van der Waals surface area contributed by atoms with Crippen molar-refractivity contribution in [1.82, 2.24) is 10.2 Å². The fourth-order valence-corrected chi connectivity index (χ4v) is 2.19. The number of hydrogen-bond donors (Lipinski definition) is 1. The molecule has 0 aliphatic carbocycles. The lowest BCUT2D eigenvalue weighted by molar-refractivity contribution is -0.137. The minimum atomic E-state index is -0.428. The number of aryl methyl sites for hydroxylation is 1. The molecular weight excluding hydrogens is 244 g/mol. The molecule has 1 aliphatic rings. The smallest absolute Gasteiger partial charge is 0.246 e. The molecule has 0 radical (unpaired) electrons. The fourth-order valence-electron chi connectivity index (χ4n) is 2.19. The number of amides is 2. The Labute approximate surface area is 112 Å². The number of carbonyl (C=O) groups excluding carboxylic acids is 2. The summed E-state index contributed by atoms with van der Waals surface area (Å²) >= 11 is 0. The molecular formula is C14H18N2O3. The first-order chi connectivity index (χ1) is 9.02. The molecule has 1 unspecified atom stereocenters. The van der Waals surface area contributed by atoms with Gasteiger partial charge in [-0.3, -0.25) is 14.5 Å². The molecule has 0 aromatic heterocycles. The molecule has 1 atom stereocenters. The van der Waals surface area contributed by atoms with Gasteiger partial charge in [0.2, 0.25) is 11.8 Å². The van der Waals surface area contributed by atoms with E-state index < -0.39 is 6.04 Å². The third kappa shape index (κ3) is 2.76. The van der Waals surface area contributed by atoms with Crippen LogP contribution >= 0.6 is 0 Å². The molecule has 1 aromatic carbocycles. The number of hydrogen-bond acceptors (Lipinski definition) is 4. The van der Waals surface area contributed by atoms with Crippen molar-refractivity contribution in [3.63, 3.8) is 0 Å². The van der Waals surface area contributed by atoms with Crippen molar-refractivity contribution >= 4 is 11.8 Å². The minimum Gasteiger partial charge on any atom is -0.496 e. The van der Waals surface area contributed by atoms with E-state index in [-0.39, 0.29) is 18.2 Å². The number of likely N-dealkylation sites (tertiary alicyclic amines) is 1. The van der Waals surface area contributed by atoms with Crippen molar-refractivity contribution in [3.05, 3.63) is 29.3 Å². The van der Waals surface area contributed by atoms with Crippen LogP contribution in [0.1, 0.15) is 17.5 Å². The zero-order valence-corrected chi connectivity index (χ0v) is 11.4. The van der Waals surface area contributed by atoms with Crippen LogP contribution in [0.2, 0.25) is 0 Å². The number of benzene rings is 1. The van der Waals surface area contributed by atoms with Crippen molar-refractivity contribution in [2.75, 3.05) is 14.2 Å². The van der Waals surface area contributed by atoms with E-state index >= 15 is 0 Å². The Morgan fingerprint density at radius 1 is 1.42 bits per heavy atom. The number of rotatable bonds is 4. The van der Waals surface area contributed by atoms with Gasteiger partial charge in [0.15, 0.2) is 0 Å². The number of imide groups is 1. The molecule has 1 N–H and O–H groups in total. The second-order valence-electron chi connectivity index (χ2n) is 4.74. The lowest BCUT2D eigenvalue weighted by Gasteiger charge is -2.13. The maximum absolute atomic E-state index is 11.8. The molecule has 19 heavy (non-hydrogen) atoms. The van der Waals surface area contributed by atoms with Gasteiger partial charge in [0.25, 0.3) is 0 Å². The molecule has 0 bridgehead atoms. The zero-order chi connectivity index (χ0) is 14.0. The van der Waals surface area contributed by atoms with Gasteiger partial charge < -0.3 is 10.1 Å². The van der Waals surface area contributed by atoms with Crippen molar-refractivity contribution in [2.45, 2.75) is 25.9 Å². The monoisotopic (exact) mass is 262 g/mol. The highest BCUT2D eigenvalue weighted by Crippen LogP contribution is 2.20. The second kappa shape index (κ2) is 5.40. The molecule has 1 aromatic rings. The van der Waals surface area contributed by atoms with Crippen LogP contribution in [0, 0.1) is 6.92 Å². The van der Waals surface area contributed by atoms with Gasteiger partial charge in [-0.25, -0.2) is 0 Å². The maximum Gasteiger partial charge on any atom is 0.246 e. The van der Waals surface area contributed by atoms with Crippen molar-refractivity contribution in [2.24, 2.45) is 0 Å². The molecule has 1 saturated heterocycles. The number of nitrogens with one attached hydrogen (secondary N) is 1. The zero-order valence-electron chi connectivity index (χ0n) is 11.4. The molecule has 5 heteroatoms. The van der Waals surface area contributed by atoms with Crippen LogP contribution in [-0.4, -0.2) is 36.9 Å². The highest BCUT2D eigenvalue weighted by molar-refractivity contribution is 6.05. The average molecular weight is 262 g/mol. The quantitative estimate of drug-likeness (QED) is 0.817. The Morgan fingerprint density at radius 3 is 2.74 bits per heavy atom. The number of ether oxygens (including phenoxy) is 1. The second-order valence-corrected chi connectivity index (χ2v) is 4.74. The predicted octanol–water partition coefficient (Wildman–Crippen LogP) is 0.851. The average Bonchev–Trinajstić information content (AvgIpc) is 2.64. The van der Waals surface area contributed by atoms with Crippen LogP contribution in [0.15, 0.2) is 18.2 Å². The Kier molecular flexibility index (Phi) is 3.85. The normalized spacial score (nSPS) is 19.1. The van der Waals surface area contributed by atoms with Gasteiger partial charge in [0, 0.05) is 19.2 Å². The Morgan fingerprint density at radius 2 is 2.16 bits per heavy atom. The minimum absolute atomic E-state index is 0.140. The standard InChI is InChI=1S/C14H18N2O3/c1-9-4-5-12(19-3)10(6-9)8-15-11-7-13(17)16(2)14(11)18/h4-6,11,15H,7-8H2,1-3H3. The van der Waals surface area contributed by atoms with Gasteiger partial charge in [-0.05, 0) is 13.0 Å². The van der Waals surface area contributed by atoms with Gasteiger partial charge >= 0.3 is 0 Å². The van der Waals surface area contributed by atoms with Crippen LogP contribution in [0.5, 0.6) is 5.75 Å². The summed E-state index contributed by atoms with van der Waals surface area (Å²) in [7, 11) is 3.13. The van der Waals surface area contributed by atoms with Crippen molar-refractivity contribution < 1.29 is 14.3 Å². The summed E-state index contributed by atoms with van der Waals surface area (Å²) in [5.41, 5.74) is 2.11. The third-order valence-corrected chi connectivity index (χ3v) is 3.36. The summed E-state index contributed by atoms with van der Waals surface area (Å²) < 4.78 is 5.28. The molecule has 2 amide bonds. The number of nitrogens with zero attached hydrogens (tertiary/aromatic N) is 1. The predicted molar refractivity (Wildman–Crippen MR) is 70.8 cm³/mol. The highest BCUT2D eigenvalue weighted by atomic mass is 16.5. The molecule has 1 fully saturated rings. The lowest BCUT2D eigenvalue weighted by atomic mass is 10.1. The number of carbonyl (C=O) groups is 2. The maximum atomic E-state index is 11.8. The van der Waals surface area contributed by atoms with E-state index in [1.807, 2.05) is 25.1 Å². The third-order valence-electron chi connectivity index (χ3n) is 3.36. The summed E-state index contributed by atoms with van der Waals surface area (Å²) in [6.07, 6.45) is 0.226. The lowest BCUT2D eigenvalue weighted by Crippen LogP contribution is -2.36. The molecule has 0 saturated carbocycles. The summed E-state index contributed by atoms with van der Waals surface area (Å²) in [5, 5.41) is 3.12. The van der Waals surface area contributed by atoms with Crippen LogP contribution in [0.25, 0.3) is 0 Å². The van der Waals surface area contributed by atoms with Gasteiger partial charge in [-0.15, -0.1) is 0 Å². The van der Waals surface area contributed by atoms with E-state index in [1.54, 1.807) is 7.11 Å². The van der Waals surface area contributed by atoms with Crippen LogP contribution in [0.3, 0.4) is 0 Å². The van der Waals surface area contributed by atoms with Gasteiger partial charge in [-0.2, -0.15) is 0 Å². The summed E-state index contributed by atoms with van der Waals surface area (Å²) in [6.45, 7) is 2.50. The topological polar surface area (TPSA) is 58.6 Å². The SMILES string of the molecule is COc1ccc(C)cc1CNC1CC(=O)N(C)C1=O. The molecule has 1 heterocycles. The summed E-state index contributed by atoms with van der Waals surface area (Å²) in [4.78, 5) is 24.4. The Bertz CT molecular complexity index is 513. The summed E-state index contributed by atoms with van der Waals surface area (Å²) in [5.74, 6) is 0.471. The van der Waals surface area contributed by atoms with E-state index in [2.05, 4.69) is 5.32 Å². The number of methoxy groups -OCH3 is 1. The van der Waals surface area contributed by atoms with Crippen LogP contribution in [-0.2, 0) is 16.1 Å². The van der Waals surface area contributed by atoms with Crippen molar-refractivity contribution in [3.8, 4) is 5.75 Å². The highest BCUT2D eigenvalue weighted by Gasteiger charge is 2.35. The largest absolute Gasteiger partial charge is 0.496 e. The van der Waals surface area contributed by atoms with E-state index in [0.29, 0.717) is 6.54 Å². The van der Waals surface area contributed by atoms with Gasteiger partial charge in [0.05, 0.1) is 19.6 Å². The Hall–Kier alpha value is -1.88. The van der Waals surface area contributed by atoms with Gasteiger partial charge in [-0.1, -0.05) is 17.7 Å². The number of likely N-dealkylation sites (N-methyl/N-ethyl adjacent to an activating group) is 1. The first kappa shape index (κ1) is 13.5. The fraction of sp³-hybridized carbons (Fsp3) is 0.429. The van der Waals surface area contributed by atoms with E-state index in [4.69, 9.17) is 4.74 Å². The van der Waals surface area contributed by atoms with E-state index in [1.165, 1.54) is 11.9 Å². The van der Waals surface area contributed by atoms with Crippen molar-refractivity contribution in [1.29, 1.82) is 0 Å². The van der Waals surface area contributed by atoms with Crippen LogP contribution < -0.4 is 10.1 Å². The van der Waals surface area contributed by atoms with E-state index in [9.17, 15) is 9.59 Å². The Balaban J connectivity index is 2.05. The molecule has 1 aliphatic heterocycles. The molecule has 0 spiro atoms. The molecule has 2 rings (SSSR count). The first-order valence-corrected chi connectivity index (χ1v) is 6.20. The summed E-state index contributed by atoms with van der Waals surface area (Å²) in [6, 6.07) is 5.46. The van der Waals surface area contributed by atoms with Crippen LogP contribution in [0.4, 0.5) is 0 Å². The van der Waals surface area contributed by atoms with E-state index in [0.717, 1.165) is 16.9 Å². The molecule has 5 nitrogen and oxygen atoms in total. The van der Waals surface area contributed by atoms with Gasteiger partial charge in [0.1, 0.15) is 5.75 Å². The molecule has 102 valence electrons.